The molecule has 1 saturated carbocycles. The molecule has 1 aromatic heterocycles. The number of carbonyl (C=O) groups is 1. The third kappa shape index (κ3) is 3.03. The van der Waals surface area contributed by atoms with Gasteiger partial charge in [-0.3, -0.25) is 0 Å². The molecule has 1 heterocycles. The number of amides is 2. The van der Waals surface area contributed by atoms with Crippen LogP contribution in [0.15, 0.2) is 40.9 Å². The van der Waals surface area contributed by atoms with Crippen molar-refractivity contribution in [2.75, 3.05) is 5.32 Å². The van der Waals surface area contributed by atoms with Crippen LogP contribution in [0.3, 0.4) is 0 Å². The monoisotopic (exact) mass is 337 g/mol. The summed E-state index contributed by atoms with van der Waals surface area (Å²) in [6.07, 6.45) is 2.13. The zero-order valence-corrected chi connectivity index (χ0v) is 13.9. The van der Waals surface area contributed by atoms with Gasteiger partial charge in [-0.15, -0.1) is 0 Å². The number of aryl methyl sites for hydroxylation is 1. The number of aromatic hydroxyl groups is 1. The van der Waals surface area contributed by atoms with Crippen LogP contribution in [0.4, 0.5) is 10.5 Å². The van der Waals surface area contributed by atoms with Gasteiger partial charge in [0.25, 0.3) is 0 Å². The Morgan fingerprint density at radius 2 is 2.08 bits per heavy atom. The number of carbonyl (C=O) groups excluding carboxylic acids is 1. The molecule has 6 heteroatoms. The number of hydrogen-bond acceptors (Lipinski definition) is 4. The van der Waals surface area contributed by atoms with Gasteiger partial charge in [0.15, 0.2) is 5.76 Å². The summed E-state index contributed by atoms with van der Waals surface area (Å²) in [6, 6.07) is 10.9. The number of phenolic OH excluding ortho intramolecular Hbond substituents is 1. The van der Waals surface area contributed by atoms with Crippen molar-refractivity contribution in [3.63, 3.8) is 0 Å². The fourth-order valence-electron chi connectivity index (χ4n) is 3.00. The van der Waals surface area contributed by atoms with Gasteiger partial charge in [0, 0.05) is 18.0 Å². The van der Waals surface area contributed by atoms with E-state index in [0.29, 0.717) is 22.9 Å². The van der Waals surface area contributed by atoms with Crippen molar-refractivity contribution in [3.05, 3.63) is 53.4 Å². The van der Waals surface area contributed by atoms with E-state index in [2.05, 4.69) is 15.8 Å². The third-order valence-electron chi connectivity index (χ3n) is 4.52. The molecular formula is C19H19N3O3. The average Bonchev–Trinajstić information content (AvgIpc) is 3.39. The van der Waals surface area contributed by atoms with Crippen LogP contribution in [-0.2, 0) is 6.54 Å². The quantitative estimate of drug-likeness (QED) is 0.670. The van der Waals surface area contributed by atoms with Crippen LogP contribution >= 0.6 is 0 Å². The van der Waals surface area contributed by atoms with Crippen LogP contribution in [0, 0.1) is 6.92 Å². The molecule has 0 spiro atoms. The Morgan fingerprint density at radius 1 is 1.28 bits per heavy atom. The molecule has 4 rings (SSSR count). The number of anilines is 1. The van der Waals surface area contributed by atoms with Crippen molar-refractivity contribution < 1.29 is 14.4 Å². The zero-order chi connectivity index (χ0) is 17.4. The van der Waals surface area contributed by atoms with E-state index in [9.17, 15) is 9.90 Å². The summed E-state index contributed by atoms with van der Waals surface area (Å²) in [5.74, 6) is 1.28. The highest BCUT2D eigenvalue weighted by molar-refractivity contribution is 5.92. The minimum Gasteiger partial charge on any atom is -0.508 e. The van der Waals surface area contributed by atoms with Gasteiger partial charge in [-0.05, 0) is 36.6 Å². The van der Waals surface area contributed by atoms with Crippen molar-refractivity contribution in [3.8, 4) is 5.75 Å². The van der Waals surface area contributed by atoms with Crippen molar-refractivity contribution in [2.45, 2.75) is 32.2 Å². The molecule has 1 aliphatic carbocycles. The number of aromatic nitrogens is 1. The molecular weight excluding hydrogens is 318 g/mol. The van der Waals surface area contributed by atoms with Gasteiger partial charge in [0.05, 0.1) is 0 Å². The Hall–Kier alpha value is -3.02. The molecule has 6 nitrogen and oxygen atoms in total. The number of rotatable bonds is 4. The molecule has 1 fully saturated rings. The first kappa shape index (κ1) is 15.5. The summed E-state index contributed by atoms with van der Waals surface area (Å²) < 4.78 is 5.33. The van der Waals surface area contributed by atoms with Crippen LogP contribution in [-0.4, -0.2) is 16.3 Å². The predicted molar refractivity (Wildman–Crippen MR) is 94.7 cm³/mol. The van der Waals surface area contributed by atoms with Crippen molar-refractivity contribution in [1.82, 2.24) is 10.5 Å². The number of nitrogens with one attached hydrogen (secondary N) is 2. The summed E-state index contributed by atoms with van der Waals surface area (Å²) in [5.41, 5.74) is 2.02. The molecule has 1 aliphatic rings. The lowest BCUT2D eigenvalue weighted by Gasteiger charge is -2.11. The molecule has 3 aromatic rings. The van der Waals surface area contributed by atoms with Crippen LogP contribution in [0.1, 0.15) is 35.8 Å². The Bertz CT molecular complexity index is 944. The Kier molecular flexibility index (Phi) is 3.80. The highest BCUT2D eigenvalue weighted by atomic mass is 16.5. The second-order valence-electron chi connectivity index (χ2n) is 6.37. The van der Waals surface area contributed by atoms with Crippen molar-refractivity contribution >= 4 is 22.5 Å². The summed E-state index contributed by atoms with van der Waals surface area (Å²) in [4.78, 5) is 12.3. The predicted octanol–water partition coefficient (Wildman–Crippen LogP) is 4.04. The normalized spacial score (nSPS) is 13.8. The maximum absolute atomic E-state index is 12.3. The van der Waals surface area contributed by atoms with Crippen LogP contribution in [0.5, 0.6) is 5.75 Å². The second kappa shape index (κ2) is 6.12. The van der Waals surface area contributed by atoms with E-state index in [-0.39, 0.29) is 18.3 Å². The van der Waals surface area contributed by atoms with Crippen molar-refractivity contribution in [2.24, 2.45) is 0 Å². The van der Waals surface area contributed by atoms with Gasteiger partial charge in [-0.2, -0.15) is 0 Å². The van der Waals surface area contributed by atoms with Gasteiger partial charge in [-0.25, -0.2) is 4.79 Å². The first-order valence-corrected chi connectivity index (χ1v) is 8.34. The Morgan fingerprint density at radius 3 is 2.88 bits per heavy atom. The van der Waals surface area contributed by atoms with E-state index in [4.69, 9.17) is 4.52 Å². The zero-order valence-electron chi connectivity index (χ0n) is 13.9. The fraction of sp³-hybridized carbons (Fsp3) is 0.263. The largest absolute Gasteiger partial charge is 0.508 e. The number of fused-ring (bicyclic) bond motifs is 1. The van der Waals surface area contributed by atoms with Gasteiger partial charge in [0.2, 0.25) is 0 Å². The van der Waals surface area contributed by atoms with Crippen LogP contribution in [0.25, 0.3) is 10.8 Å². The fourth-order valence-corrected chi connectivity index (χ4v) is 3.00. The number of nitrogens with zero attached hydrogens (tertiary/aromatic N) is 1. The molecule has 0 atom stereocenters. The standard InChI is InChI=1S/C19H19N3O3/c1-11-17(18(25-22-11)13-6-7-13)21-19(24)20-10-15-14-5-3-2-4-12(14)8-9-16(15)23/h2-5,8-9,13,23H,6-7,10H2,1H3,(H2,20,21,24). The molecule has 3 N–H and O–H groups in total. The van der Waals surface area contributed by atoms with Gasteiger partial charge < -0.3 is 20.3 Å². The third-order valence-corrected chi connectivity index (χ3v) is 4.52. The average molecular weight is 337 g/mol. The first-order chi connectivity index (χ1) is 12.1. The highest BCUT2D eigenvalue weighted by Crippen LogP contribution is 2.44. The molecule has 0 aliphatic heterocycles. The number of phenols is 1. The number of hydrogen-bond donors (Lipinski definition) is 3. The lowest BCUT2D eigenvalue weighted by atomic mass is 10.0. The molecule has 0 radical (unpaired) electrons. The van der Waals surface area contributed by atoms with E-state index in [1.807, 2.05) is 37.3 Å². The summed E-state index contributed by atoms with van der Waals surface area (Å²) in [7, 11) is 0. The lowest BCUT2D eigenvalue weighted by molar-refractivity contribution is 0.251. The van der Waals surface area contributed by atoms with Crippen molar-refractivity contribution in [1.29, 1.82) is 0 Å². The topological polar surface area (TPSA) is 87.4 Å². The maximum atomic E-state index is 12.3. The summed E-state index contributed by atoms with van der Waals surface area (Å²) in [5, 5.41) is 21.7. The molecule has 0 unspecified atom stereocenters. The minimum absolute atomic E-state index is 0.166. The second-order valence-corrected chi connectivity index (χ2v) is 6.37. The Labute approximate surface area is 144 Å². The van der Waals surface area contributed by atoms with Crippen LogP contribution < -0.4 is 10.6 Å². The molecule has 2 amide bonds. The smallest absolute Gasteiger partial charge is 0.319 e. The van der Waals surface area contributed by atoms with Gasteiger partial charge >= 0.3 is 6.03 Å². The number of benzene rings is 2. The molecule has 0 saturated heterocycles. The SMILES string of the molecule is Cc1noc(C2CC2)c1NC(=O)NCc1c(O)ccc2ccccc12. The highest BCUT2D eigenvalue weighted by Gasteiger charge is 2.32. The van der Waals surface area contributed by atoms with E-state index < -0.39 is 0 Å². The van der Waals surface area contributed by atoms with E-state index in [1.165, 1.54) is 0 Å². The number of urea groups is 1. The molecule has 128 valence electrons. The molecule has 0 bridgehead atoms. The Balaban J connectivity index is 1.50. The lowest BCUT2D eigenvalue weighted by Crippen LogP contribution is -2.28. The summed E-state index contributed by atoms with van der Waals surface area (Å²) in [6.45, 7) is 2.03. The van der Waals surface area contributed by atoms with E-state index >= 15 is 0 Å². The maximum Gasteiger partial charge on any atom is 0.319 e. The van der Waals surface area contributed by atoms with Gasteiger partial charge in [0.1, 0.15) is 17.1 Å². The van der Waals surface area contributed by atoms with Gasteiger partial charge in [-0.1, -0.05) is 35.5 Å². The first-order valence-electron chi connectivity index (χ1n) is 8.34. The van der Waals surface area contributed by atoms with E-state index in [0.717, 1.165) is 29.4 Å². The van der Waals surface area contributed by atoms with E-state index in [1.54, 1.807) is 6.07 Å². The molecule has 25 heavy (non-hydrogen) atoms. The summed E-state index contributed by atoms with van der Waals surface area (Å²) >= 11 is 0. The van der Waals surface area contributed by atoms with Crippen LogP contribution in [0.2, 0.25) is 0 Å². The molecule has 2 aromatic carbocycles. The minimum atomic E-state index is -0.347.